The number of benzene rings is 1. The van der Waals surface area contributed by atoms with Gasteiger partial charge in [-0.15, -0.1) is 0 Å². The van der Waals surface area contributed by atoms with Gasteiger partial charge in [0.1, 0.15) is 0 Å². The van der Waals surface area contributed by atoms with E-state index in [2.05, 4.69) is 5.32 Å². The van der Waals surface area contributed by atoms with Gasteiger partial charge in [0.15, 0.2) is 11.6 Å². The smallest absolute Gasteiger partial charge is 0.253 e. The Bertz CT molecular complexity index is 466. The maximum Gasteiger partial charge on any atom is 0.253 e. The average molecular weight is 262 g/mol. The van der Waals surface area contributed by atoms with E-state index >= 15 is 0 Å². The summed E-state index contributed by atoms with van der Waals surface area (Å²) in [6.07, 6.45) is 1.50. The van der Waals surface area contributed by atoms with E-state index in [1.54, 1.807) is 0 Å². The molecule has 3 N–H and O–H groups in total. The van der Waals surface area contributed by atoms with E-state index in [9.17, 15) is 17.8 Å². The van der Waals surface area contributed by atoms with Gasteiger partial charge in [-0.25, -0.2) is 8.78 Å². The summed E-state index contributed by atoms with van der Waals surface area (Å²) >= 11 is 0. The zero-order chi connectivity index (χ0) is 13.0. The lowest BCUT2D eigenvalue weighted by atomic mass is 10.1. The largest absolute Gasteiger partial charge is 0.398 e. The van der Waals surface area contributed by atoms with E-state index in [0.29, 0.717) is 0 Å². The summed E-state index contributed by atoms with van der Waals surface area (Å²) in [5.41, 5.74) is 5.12. The van der Waals surface area contributed by atoms with Crippen LogP contribution in [0.15, 0.2) is 12.1 Å². The monoisotopic (exact) mass is 262 g/mol. The quantitative estimate of drug-likeness (QED) is 0.783. The molecule has 1 aromatic rings. The minimum atomic E-state index is -1.14. The molecule has 17 heavy (non-hydrogen) atoms. The van der Waals surface area contributed by atoms with Crippen LogP contribution in [0.25, 0.3) is 0 Å². The molecule has 0 bridgehead atoms. The second kappa shape index (κ2) is 5.72. The molecular formula is C10H12F2N2O2S. The molecule has 0 heterocycles. The number of halogens is 2. The van der Waals surface area contributed by atoms with Crippen LogP contribution in [0.3, 0.4) is 0 Å². The number of nitrogens with one attached hydrogen (secondary N) is 1. The van der Waals surface area contributed by atoms with Crippen LogP contribution in [0.4, 0.5) is 14.5 Å². The number of hydrogen-bond donors (Lipinski definition) is 2. The lowest BCUT2D eigenvalue weighted by Gasteiger charge is -2.07. The molecule has 1 unspecified atom stereocenters. The third-order valence-electron chi connectivity index (χ3n) is 2.01. The standard InChI is InChI=1S/C10H12F2N2O2S/c1-17(16)3-2-14-10(15)6-4-7(11)8(12)5-9(6)13/h4-5H,2-3,13H2,1H3,(H,14,15). The van der Waals surface area contributed by atoms with Gasteiger partial charge in [0.25, 0.3) is 5.91 Å². The summed E-state index contributed by atoms with van der Waals surface area (Å²) in [6.45, 7) is 0.181. The Kier molecular flexibility index (Phi) is 4.56. The minimum absolute atomic E-state index is 0.134. The first-order valence-corrected chi connectivity index (χ1v) is 6.47. The summed E-state index contributed by atoms with van der Waals surface area (Å²) in [6, 6.07) is 1.49. The average Bonchev–Trinajstić information content (AvgIpc) is 2.22. The molecule has 0 saturated heterocycles. The Morgan fingerprint density at radius 3 is 2.59 bits per heavy atom. The Morgan fingerprint density at radius 1 is 1.41 bits per heavy atom. The maximum atomic E-state index is 12.9. The highest BCUT2D eigenvalue weighted by Gasteiger charge is 2.13. The molecule has 0 fully saturated rings. The predicted octanol–water partition coefficient (Wildman–Crippen LogP) is 0.655. The number of amides is 1. The molecule has 0 spiro atoms. The van der Waals surface area contributed by atoms with Gasteiger partial charge in [0.05, 0.1) is 5.56 Å². The van der Waals surface area contributed by atoms with Crippen LogP contribution in [0.5, 0.6) is 0 Å². The van der Waals surface area contributed by atoms with Gasteiger partial charge in [-0.1, -0.05) is 0 Å². The first-order chi connectivity index (χ1) is 7.91. The molecule has 0 aliphatic heterocycles. The number of nitrogens with two attached hydrogens (primary N) is 1. The molecule has 94 valence electrons. The van der Waals surface area contributed by atoms with Gasteiger partial charge in [-0.05, 0) is 6.07 Å². The van der Waals surface area contributed by atoms with Gasteiger partial charge in [0, 0.05) is 41.1 Å². The molecule has 1 amide bonds. The van der Waals surface area contributed by atoms with Crippen molar-refractivity contribution >= 4 is 22.4 Å². The molecule has 1 atom stereocenters. The van der Waals surface area contributed by atoms with Crippen LogP contribution < -0.4 is 11.1 Å². The van der Waals surface area contributed by atoms with Crippen LogP contribution >= 0.6 is 0 Å². The highest BCUT2D eigenvalue weighted by molar-refractivity contribution is 7.84. The molecule has 4 nitrogen and oxygen atoms in total. The summed E-state index contributed by atoms with van der Waals surface area (Å²) in [5, 5.41) is 2.42. The number of carbonyl (C=O) groups is 1. The fraction of sp³-hybridized carbons (Fsp3) is 0.300. The van der Waals surface area contributed by atoms with Crippen LogP contribution in [0, 0.1) is 11.6 Å². The first kappa shape index (κ1) is 13.6. The second-order valence-electron chi connectivity index (χ2n) is 3.39. The van der Waals surface area contributed by atoms with E-state index in [1.807, 2.05) is 0 Å². The van der Waals surface area contributed by atoms with Crippen LogP contribution in [0.2, 0.25) is 0 Å². The fourth-order valence-corrected chi connectivity index (χ4v) is 1.55. The van der Waals surface area contributed by atoms with Crippen molar-refractivity contribution < 1.29 is 17.8 Å². The maximum absolute atomic E-state index is 12.9. The molecule has 0 aliphatic carbocycles. The van der Waals surface area contributed by atoms with Crippen molar-refractivity contribution in [2.24, 2.45) is 0 Å². The van der Waals surface area contributed by atoms with Gasteiger partial charge in [-0.2, -0.15) is 0 Å². The molecule has 1 aromatic carbocycles. The number of nitrogen functional groups attached to an aromatic ring is 1. The molecular weight excluding hydrogens is 250 g/mol. The highest BCUT2D eigenvalue weighted by Crippen LogP contribution is 2.16. The molecule has 0 aliphatic rings. The Hall–Kier alpha value is -1.50. The van der Waals surface area contributed by atoms with Crippen LogP contribution in [0.1, 0.15) is 10.4 Å². The third kappa shape index (κ3) is 3.77. The van der Waals surface area contributed by atoms with E-state index in [-0.39, 0.29) is 23.5 Å². The van der Waals surface area contributed by atoms with Crippen molar-refractivity contribution in [3.05, 3.63) is 29.3 Å². The molecule has 7 heteroatoms. The highest BCUT2D eigenvalue weighted by atomic mass is 32.2. The number of hydrogen-bond acceptors (Lipinski definition) is 3. The molecule has 0 saturated carbocycles. The number of rotatable bonds is 4. The van der Waals surface area contributed by atoms with Crippen molar-refractivity contribution in [2.45, 2.75) is 0 Å². The Morgan fingerprint density at radius 2 is 2.00 bits per heavy atom. The summed E-state index contributed by atoms with van der Waals surface area (Å²) in [7, 11) is -1.03. The SMILES string of the molecule is CS(=O)CCNC(=O)c1cc(F)c(F)cc1N. The predicted molar refractivity (Wildman–Crippen MR) is 62.0 cm³/mol. The van der Waals surface area contributed by atoms with Gasteiger partial charge in [0.2, 0.25) is 0 Å². The van der Waals surface area contributed by atoms with Gasteiger partial charge in [-0.3, -0.25) is 9.00 Å². The molecule has 0 aromatic heterocycles. The summed E-state index contributed by atoms with van der Waals surface area (Å²) < 4.78 is 36.4. The first-order valence-electron chi connectivity index (χ1n) is 4.74. The molecule has 0 radical (unpaired) electrons. The van der Waals surface area contributed by atoms with Gasteiger partial charge >= 0.3 is 0 Å². The fourth-order valence-electron chi connectivity index (χ4n) is 1.16. The zero-order valence-corrected chi connectivity index (χ0v) is 9.94. The van der Waals surface area contributed by atoms with E-state index in [1.165, 1.54) is 6.26 Å². The van der Waals surface area contributed by atoms with Crippen LogP contribution in [-0.4, -0.2) is 28.7 Å². The van der Waals surface area contributed by atoms with E-state index in [4.69, 9.17) is 5.73 Å². The topological polar surface area (TPSA) is 72.2 Å². The van der Waals surface area contributed by atoms with E-state index < -0.39 is 28.3 Å². The van der Waals surface area contributed by atoms with E-state index in [0.717, 1.165) is 12.1 Å². The third-order valence-corrected chi connectivity index (χ3v) is 2.79. The summed E-state index contributed by atoms with van der Waals surface area (Å²) in [5.74, 6) is -2.57. The minimum Gasteiger partial charge on any atom is -0.398 e. The second-order valence-corrected chi connectivity index (χ2v) is 4.94. The van der Waals surface area contributed by atoms with Crippen molar-refractivity contribution in [1.29, 1.82) is 0 Å². The lowest BCUT2D eigenvalue weighted by molar-refractivity contribution is 0.0956. The number of anilines is 1. The van der Waals surface area contributed by atoms with Crippen LogP contribution in [-0.2, 0) is 10.8 Å². The lowest BCUT2D eigenvalue weighted by Crippen LogP contribution is -2.28. The van der Waals surface area contributed by atoms with Gasteiger partial charge < -0.3 is 11.1 Å². The number of carbonyl (C=O) groups excluding carboxylic acids is 1. The Balaban J connectivity index is 2.75. The summed E-state index contributed by atoms with van der Waals surface area (Å²) in [4.78, 5) is 11.5. The van der Waals surface area contributed by atoms with Crippen molar-refractivity contribution in [3.63, 3.8) is 0 Å². The van der Waals surface area contributed by atoms with Crippen molar-refractivity contribution in [1.82, 2.24) is 5.32 Å². The van der Waals surface area contributed by atoms with Crippen molar-refractivity contribution in [2.75, 3.05) is 24.3 Å². The Labute approximate surface area is 99.6 Å². The zero-order valence-electron chi connectivity index (χ0n) is 9.13. The normalized spacial score (nSPS) is 12.2. The van der Waals surface area contributed by atoms with Crippen molar-refractivity contribution in [3.8, 4) is 0 Å². The molecule has 1 rings (SSSR count).